The van der Waals surface area contributed by atoms with Crippen molar-refractivity contribution in [2.75, 3.05) is 0 Å². The molecule has 0 saturated heterocycles. The molecule has 1 aromatic heterocycles. The number of carbonyl (C=O) groups is 1. The fraction of sp³-hybridized carbons (Fsp3) is 0.400. The van der Waals surface area contributed by atoms with Crippen LogP contribution in [0.25, 0.3) is 10.9 Å². The first-order valence-corrected chi connectivity index (χ1v) is 6.42. The van der Waals surface area contributed by atoms with Crippen molar-refractivity contribution in [2.45, 2.75) is 32.2 Å². The lowest BCUT2D eigenvalue weighted by Gasteiger charge is -2.13. The maximum atomic E-state index is 11.1. The third-order valence-corrected chi connectivity index (χ3v) is 3.88. The van der Waals surface area contributed by atoms with Crippen LogP contribution in [0, 0.1) is 5.92 Å². The molecule has 2 nitrogen and oxygen atoms in total. The number of aldehydes is 1. The van der Waals surface area contributed by atoms with Gasteiger partial charge in [0.2, 0.25) is 0 Å². The monoisotopic (exact) mass is 227 g/mol. The van der Waals surface area contributed by atoms with Gasteiger partial charge in [0.25, 0.3) is 0 Å². The molecule has 88 valence electrons. The molecule has 0 spiro atoms. The van der Waals surface area contributed by atoms with E-state index >= 15 is 0 Å². The first-order chi connectivity index (χ1) is 8.38. The van der Waals surface area contributed by atoms with Crippen LogP contribution in [0.2, 0.25) is 0 Å². The van der Waals surface area contributed by atoms with Gasteiger partial charge in [0.05, 0.1) is 5.69 Å². The summed E-state index contributed by atoms with van der Waals surface area (Å²) in [6.45, 7) is 1.00. The van der Waals surface area contributed by atoms with Gasteiger partial charge in [-0.25, -0.2) is 0 Å². The van der Waals surface area contributed by atoms with Crippen molar-refractivity contribution in [3.05, 3.63) is 36.0 Å². The number of para-hydroxylation sites is 1. The smallest absolute Gasteiger partial charge is 0.166 e. The van der Waals surface area contributed by atoms with Gasteiger partial charge in [0.15, 0.2) is 6.29 Å². The Morgan fingerprint density at radius 2 is 2.00 bits per heavy atom. The van der Waals surface area contributed by atoms with Crippen LogP contribution in [-0.2, 0) is 6.54 Å². The number of hydrogen-bond donors (Lipinski definition) is 0. The molecule has 0 bridgehead atoms. The van der Waals surface area contributed by atoms with Gasteiger partial charge in [-0.15, -0.1) is 0 Å². The number of fused-ring (bicyclic) bond motifs is 1. The highest BCUT2D eigenvalue weighted by molar-refractivity contribution is 5.88. The number of aromatic nitrogens is 1. The molecule has 0 aliphatic heterocycles. The number of nitrogens with zero attached hydrogens (tertiary/aromatic N) is 1. The normalized spacial score (nSPS) is 16.7. The molecule has 1 saturated carbocycles. The molecular formula is C15H17NO. The molecule has 1 fully saturated rings. The quantitative estimate of drug-likeness (QED) is 0.734. The van der Waals surface area contributed by atoms with Crippen molar-refractivity contribution >= 4 is 17.2 Å². The number of rotatable bonds is 3. The van der Waals surface area contributed by atoms with E-state index < -0.39 is 0 Å². The standard InChI is InChI=1S/C15H17NO/c17-11-14-9-13-7-3-4-8-15(13)16(14)10-12-5-1-2-6-12/h3-4,7-9,11-12H,1-2,5-6,10H2. The Morgan fingerprint density at radius 1 is 1.24 bits per heavy atom. The summed E-state index contributed by atoms with van der Waals surface area (Å²) in [5.74, 6) is 0.754. The number of benzene rings is 1. The van der Waals surface area contributed by atoms with Gasteiger partial charge in [-0.2, -0.15) is 0 Å². The van der Waals surface area contributed by atoms with Gasteiger partial charge < -0.3 is 4.57 Å². The van der Waals surface area contributed by atoms with Crippen molar-refractivity contribution in [1.29, 1.82) is 0 Å². The Morgan fingerprint density at radius 3 is 2.76 bits per heavy atom. The Bertz CT molecular complexity index is 535. The molecule has 3 rings (SSSR count). The maximum absolute atomic E-state index is 11.1. The number of carbonyl (C=O) groups excluding carboxylic acids is 1. The summed E-state index contributed by atoms with van der Waals surface area (Å²) in [5, 5.41) is 1.17. The van der Waals surface area contributed by atoms with Crippen LogP contribution in [0.4, 0.5) is 0 Å². The number of hydrogen-bond acceptors (Lipinski definition) is 1. The Kier molecular flexibility index (Phi) is 2.71. The highest BCUT2D eigenvalue weighted by atomic mass is 16.1. The summed E-state index contributed by atoms with van der Waals surface area (Å²) >= 11 is 0. The molecule has 1 heterocycles. The average Bonchev–Trinajstić information content (AvgIpc) is 2.98. The zero-order chi connectivity index (χ0) is 11.7. The van der Waals surface area contributed by atoms with E-state index in [-0.39, 0.29) is 0 Å². The summed E-state index contributed by atoms with van der Waals surface area (Å²) < 4.78 is 2.19. The minimum atomic E-state index is 0.754. The third kappa shape index (κ3) is 1.88. The van der Waals surface area contributed by atoms with E-state index in [1.54, 1.807) is 0 Å². The van der Waals surface area contributed by atoms with Gasteiger partial charge >= 0.3 is 0 Å². The highest BCUT2D eigenvalue weighted by Gasteiger charge is 2.17. The molecule has 0 atom stereocenters. The lowest BCUT2D eigenvalue weighted by Crippen LogP contribution is -2.09. The fourth-order valence-electron chi connectivity index (χ4n) is 2.98. The largest absolute Gasteiger partial charge is 0.338 e. The summed E-state index contributed by atoms with van der Waals surface area (Å²) in [6.07, 6.45) is 6.30. The lowest BCUT2D eigenvalue weighted by atomic mass is 10.1. The van der Waals surface area contributed by atoms with E-state index in [9.17, 15) is 4.79 Å². The first kappa shape index (κ1) is 10.6. The first-order valence-electron chi connectivity index (χ1n) is 6.42. The average molecular weight is 227 g/mol. The molecule has 1 aliphatic rings. The van der Waals surface area contributed by atoms with Crippen molar-refractivity contribution in [3.8, 4) is 0 Å². The van der Waals surface area contributed by atoms with Crippen LogP contribution >= 0.6 is 0 Å². The van der Waals surface area contributed by atoms with Crippen LogP contribution in [0.15, 0.2) is 30.3 Å². The van der Waals surface area contributed by atoms with Crippen molar-refractivity contribution in [1.82, 2.24) is 4.57 Å². The SMILES string of the molecule is O=Cc1cc2ccccc2n1CC1CCCC1. The van der Waals surface area contributed by atoms with Gasteiger partial charge in [0, 0.05) is 17.4 Å². The van der Waals surface area contributed by atoms with E-state index in [2.05, 4.69) is 16.7 Å². The van der Waals surface area contributed by atoms with Crippen LogP contribution in [-0.4, -0.2) is 10.9 Å². The molecule has 0 N–H and O–H groups in total. The van der Waals surface area contributed by atoms with Crippen molar-refractivity contribution < 1.29 is 4.79 Å². The zero-order valence-electron chi connectivity index (χ0n) is 9.93. The lowest BCUT2D eigenvalue weighted by molar-refractivity contribution is 0.111. The summed E-state index contributed by atoms with van der Waals surface area (Å²) in [7, 11) is 0. The van der Waals surface area contributed by atoms with E-state index in [1.165, 1.54) is 36.6 Å². The van der Waals surface area contributed by atoms with Crippen LogP contribution in [0.1, 0.15) is 36.2 Å². The second kappa shape index (κ2) is 4.36. The van der Waals surface area contributed by atoms with Crippen LogP contribution < -0.4 is 0 Å². The predicted molar refractivity (Wildman–Crippen MR) is 69.3 cm³/mol. The summed E-state index contributed by atoms with van der Waals surface area (Å²) in [5.41, 5.74) is 2.01. The van der Waals surface area contributed by atoms with Gasteiger partial charge in [0.1, 0.15) is 0 Å². The second-order valence-electron chi connectivity index (χ2n) is 5.01. The summed E-state index contributed by atoms with van der Waals surface area (Å²) in [4.78, 5) is 11.1. The van der Waals surface area contributed by atoms with Crippen LogP contribution in [0.3, 0.4) is 0 Å². The maximum Gasteiger partial charge on any atom is 0.166 e. The zero-order valence-corrected chi connectivity index (χ0v) is 9.93. The van der Waals surface area contributed by atoms with E-state index in [4.69, 9.17) is 0 Å². The third-order valence-electron chi connectivity index (χ3n) is 3.88. The molecule has 1 aliphatic carbocycles. The molecule has 1 aromatic carbocycles. The minimum absolute atomic E-state index is 0.754. The van der Waals surface area contributed by atoms with Gasteiger partial charge in [-0.3, -0.25) is 4.79 Å². The predicted octanol–water partition coefficient (Wildman–Crippen LogP) is 3.64. The Hall–Kier alpha value is -1.57. The van der Waals surface area contributed by atoms with E-state index in [1.807, 2.05) is 18.2 Å². The van der Waals surface area contributed by atoms with Crippen molar-refractivity contribution in [3.63, 3.8) is 0 Å². The van der Waals surface area contributed by atoms with E-state index in [0.717, 1.165) is 24.4 Å². The molecule has 17 heavy (non-hydrogen) atoms. The fourth-order valence-corrected chi connectivity index (χ4v) is 2.98. The molecule has 2 heteroatoms. The molecule has 0 amide bonds. The Labute approximate surface area is 101 Å². The second-order valence-corrected chi connectivity index (χ2v) is 5.01. The molecule has 0 unspecified atom stereocenters. The topological polar surface area (TPSA) is 22.0 Å². The van der Waals surface area contributed by atoms with Gasteiger partial charge in [-0.1, -0.05) is 31.0 Å². The highest BCUT2D eigenvalue weighted by Crippen LogP contribution is 2.28. The van der Waals surface area contributed by atoms with Gasteiger partial charge in [-0.05, 0) is 30.9 Å². The van der Waals surface area contributed by atoms with Crippen LogP contribution in [0.5, 0.6) is 0 Å². The van der Waals surface area contributed by atoms with E-state index in [0.29, 0.717) is 0 Å². The summed E-state index contributed by atoms with van der Waals surface area (Å²) in [6, 6.07) is 10.3. The molecule has 2 aromatic rings. The molecule has 0 radical (unpaired) electrons. The minimum Gasteiger partial charge on any atom is -0.338 e. The Balaban J connectivity index is 2.02. The van der Waals surface area contributed by atoms with Crippen molar-refractivity contribution in [2.24, 2.45) is 5.92 Å². The molecular weight excluding hydrogens is 210 g/mol.